The third kappa shape index (κ3) is 2.49. The SMILES string of the molecule is O=C(N[C@H]1CCCC[C@@H]1O)c1cc2ccccc2[nH]1. The maximum absolute atomic E-state index is 12.2. The highest BCUT2D eigenvalue weighted by atomic mass is 16.3. The number of H-pyrrole nitrogens is 1. The Balaban J connectivity index is 1.76. The molecular formula is C15H18N2O2. The average Bonchev–Trinajstić information content (AvgIpc) is 2.85. The van der Waals surface area contributed by atoms with Crippen LogP contribution in [0.25, 0.3) is 10.9 Å². The van der Waals surface area contributed by atoms with Crippen molar-refractivity contribution in [2.75, 3.05) is 0 Å². The zero-order valence-corrected chi connectivity index (χ0v) is 10.7. The topological polar surface area (TPSA) is 65.1 Å². The molecule has 2 atom stereocenters. The minimum atomic E-state index is -0.415. The Hall–Kier alpha value is -1.81. The van der Waals surface area contributed by atoms with E-state index in [9.17, 15) is 9.90 Å². The van der Waals surface area contributed by atoms with Crippen molar-refractivity contribution in [2.24, 2.45) is 0 Å². The summed E-state index contributed by atoms with van der Waals surface area (Å²) in [4.78, 5) is 15.3. The molecule has 4 nitrogen and oxygen atoms in total. The molecule has 1 aromatic heterocycles. The fraction of sp³-hybridized carbons (Fsp3) is 0.400. The zero-order valence-electron chi connectivity index (χ0n) is 10.7. The Morgan fingerprint density at radius 2 is 2.05 bits per heavy atom. The quantitative estimate of drug-likeness (QED) is 0.773. The van der Waals surface area contributed by atoms with Crippen LogP contribution in [0.3, 0.4) is 0 Å². The monoisotopic (exact) mass is 258 g/mol. The second-order valence-corrected chi connectivity index (χ2v) is 5.20. The summed E-state index contributed by atoms with van der Waals surface area (Å²) in [7, 11) is 0. The van der Waals surface area contributed by atoms with Gasteiger partial charge in [0, 0.05) is 10.9 Å². The van der Waals surface area contributed by atoms with Crippen molar-refractivity contribution < 1.29 is 9.90 Å². The molecule has 0 radical (unpaired) electrons. The molecule has 100 valence electrons. The molecule has 0 aliphatic heterocycles. The van der Waals surface area contributed by atoms with Crippen LogP contribution in [0, 0.1) is 0 Å². The number of fused-ring (bicyclic) bond motifs is 1. The van der Waals surface area contributed by atoms with Crippen LogP contribution in [0.1, 0.15) is 36.2 Å². The van der Waals surface area contributed by atoms with Gasteiger partial charge in [0.2, 0.25) is 0 Å². The van der Waals surface area contributed by atoms with Gasteiger partial charge >= 0.3 is 0 Å². The van der Waals surface area contributed by atoms with Crippen molar-refractivity contribution in [3.8, 4) is 0 Å². The first-order valence-corrected chi connectivity index (χ1v) is 6.81. The molecule has 1 aliphatic carbocycles. The van der Waals surface area contributed by atoms with E-state index >= 15 is 0 Å². The van der Waals surface area contributed by atoms with E-state index in [0.717, 1.165) is 36.6 Å². The van der Waals surface area contributed by atoms with Crippen molar-refractivity contribution in [2.45, 2.75) is 37.8 Å². The van der Waals surface area contributed by atoms with Gasteiger partial charge in [-0.2, -0.15) is 0 Å². The van der Waals surface area contributed by atoms with Crippen molar-refractivity contribution in [1.29, 1.82) is 0 Å². The molecule has 0 spiro atoms. The summed E-state index contributed by atoms with van der Waals surface area (Å²) in [6.45, 7) is 0. The number of amides is 1. The molecule has 1 aromatic carbocycles. The largest absolute Gasteiger partial charge is 0.391 e. The normalized spacial score (nSPS) is 23.4. The van der Waals surface area contributed by atoms with Gasteiger partial charge in [-0.3, -0.25) is 4.79 Å². The molecule has 3 N–H and O–H groups in total. The van der Waals surface area contributed by atoms with E-state index in [1.165, 1.54) is 0 Å². The molecule has 4 heteroatoms. The van der Waals surface area contributed by atoms with Gasteiger partial charge in [0.05, 0.1) is 12.1 Å². The van der Waals surface area contributed by atoms with E-state index in [1.807, 2.05) is 30.3 Å². The highest BCUT2D eigenvalue weighted by Gasteiger charge is 2.25. The second kappa shape index (κ2) is 5.05. The molecule has 2 aromatic rings. The molecule has 3 rings (SSSR count). The van der Waals surface area contributed by atoms with Crippen molar-refractivity contribution in [3.05, 3.63) is 36.0 Å². The molecule has 0 bridgehead atoms. The van der Waals surface area contributed by atoms with Gasteiger partial charge in [0.1, 0.15) is 5.69 Å². The summed E-state index contributed by atoms with van der Waals surface area (Å²) in [6, 6.07) is 9.53. The number of hydrogen-bond acceptors (Lipinski definition) is 2. The summed E-state index contributed by atoms with van der Waals surface area (Å²) in [5, 5.41) is 13.8. The minimum Gasteiger partial charge on any atom is -0.391 e. The second-order valence-electron chi connectivity index (χ2n) is 5.20. The van der Waals surface area contributed by atoms with Crippen LogP contribution in [0.15, 0.2) is 30.3 Å². The first-order chi connectivity index (χ1) is 9.24. The maximum Gasteiger partial charge on any atom is 0.268 e. The van der Waals surface area contributed by atoms with Crippen LogP contribution in [-0.2, 0) is 0 Å². The molecule has 1 aliphatic rings. The van der Waals surface area contributed by atoms with E-state index in [0.29, 0.717) is 5.69 Å². The van der Waals surface area contributed by atoms with Crippen molar-refractivity contribution >= 4 is 16.8 Å². The zero-order chi connectivity index (χ0) is 13.2. The molecular weight excluding hydrogens is 240 g/mol. The molecule has 1 heterocycles. The number of rotatable bonds is 2. The molecule has 0 saturated heterocycles. The fourth-order valence-corrected chi connectivity index (χ4v) is 2.72. The van der Waals surface area contributed by atoms with Crippen LogP contribution in [0.4, 0.5) is 0 Å². The summed E-state index contributed by atoms with van der Waals surface area (Å²) < 4.78 is 0. The summed E-state index contributed by atoms with van der Waals surface area (Å²) >= 11 is 0. The first kappa shape index (κ1) is 12.2. The first-order valence-electron chi connectivity index (χ1n) is 6.81. The standard InChI is InChI=1S/C15H18N2O2/c18-14-8-4-3-7-12(14)17-15(19)13-9-10-5-1-2-6-11(10)16-13/h1-2,5-6,9,12,14,16,18H,3-4,7-8H2,(H,17,19)/t12-,14-/m0/s1. The lowest BCUT2D eigenvalue weighted by molar-refractivity contribution is 0.0714. The summed E-state index contributed by atoms with van der Waals surface area (Å²) in [5.74, 6) is -0.137. The number of aliphatic hydroxyl groups excluding tert-OH is 1. The van der Waals surface area contributed by atoms with Gasteiger partial charge in [-0.1, -0.05) is 31.0 Å². The van der Waals surface area contributed by atoms with E-state index in [-0.39, 0.29) is 11.9 Å². The predicted molar refractivity (Wildman–Crippen MR) is 74.0 cm³/mol. The van der Waals surface area contributed by atoms with E-state index in [1.54, 1.807) is 0 Å². The van der Waals surface area contributed by atoms with E-state index in [2.05, 4.69) is 10.3 Å². The third-order valence-corrected chi connectivity index (χ3v) is 3.82. The molecule has 19 heavy (non-hydrogen) atoms. The number of aliphatic hydroxyl groups is 1. The van der Waals surface area contributed by atoms with Crippen LogP contribution in [0.5, 0.6) is 0 Å². The van der Waals surface area contributed by atoms with Crippen LogP contribution < -0.4 is 5.32 Å². The average molecular weight is 258 g/mol. The molecule has 1 fully saturated rings. The number of aromatic amines is 1. The Labute approximate surface area is 111 Å². The summed E-state index contributed by atoms with van der Waals surface area (Å²) in [5.41, 5.74) is 1.51. The number of para-hydroxylation sites is 1. The van der Waals surface area contributed by atoms with E-state index < -0.39 is 6.10 Å². The van der Waals surface area contributed by atoms with Gasteiger partial charge < -0.3 is 15.4 Å². The Bertz CT molecular complexity index is 558. The lowest BCUT2D eigenvalue weighted by Crippen LogP contribution is -2.45. The van der Waals surface area contributed by atoms with Crippen molar-refractivity contribution in [1.82, 2.24) is 10.3 Å². The molecule has 1 amide bonds. The van der Waals surface area contributed by atoms with Gasteiger partial charge in [0.15, 0.2) is 0 Å². The van der Waals surface area contributed by atoms with Gasteiger partial charge in [-0.05, 0) is 25.0 Å². The number of hydrogen-bond donors (Lipinski definition) is 3. The highest BCUT2D eigenvalue weighted by molar-refractivity contribution is 5.98. The number of nitrogens with one attached hydrogen (secondary N) is 2. The molecule has 1 saturated carbocycles. The molecule has 0 unspecified atom stereocenters. The van der Waals surface area contributed by atoms with Crippen LogP contribution >= 0.6 is 0 Å². The Morgan fingerprint density at radius 3 is 2.84 bits per heavy atom. The third-order valence-electron chi connectivity index (χ3n) is 3.82. The van der Waals surface area contributed by atoms with E-state index in [4.69, 9.17) is 0 Å². The van der Waals surface area contributed by atoms with Crippen LogP contribution in [0.2, 0.25) is 0 Å². The maximum atomic E-state index is 12.2. The van der Waals surface area contributed by atoms with Gasteiger partial charge in [-0.15, -0.1) is 0 Å². The number of benzene rings is 1. The predicted octanol–water partition coefficient (Wildman–Crippen LogP) is 2.20. The highest BCUT2D eigenvalue weighted by Crippen LogP contribution is 2.19. The Kier molecular flexibility index (Phi) is 3.25. The number of aromatic nitrogens is 1. The smallest absolute Gasteiger partial charge is 0.268 e. The van der Waals surface area contributed by atoms with Gasteiger partial charge in [-0.25, -0.2) is 0 Å². The fourth-order valence-electron chi connectivity index (χ4n) is 2.72. The lowest BCUT2D eigenvalue weighted by atomic mass is 9.92. The van der Waals surface area contributed by atoms with Crippen molar-refractivity contribution in [3.63, 3.8) is 0 Å². The van der Waals surface area contributed by atoms with Crippen LogP contribution in [-0.4, -0.2) is 28.1 Å². The minimum absolute atomic E-state index is 0.118. The summed E-state index contributed by atoms with van der Waals surface area (Å²) in [6.07, 6.45) is 3.32. The number of carbonyl (C=O) groups excluding carboxylic acids is 1. The lowest BCUT2D eigenvalue weighted by Gasteiger charge is -2.28. The number of carbonyl (C=O) groups is 1. The van der Waals surface area contributed by atoms with Gasteiger partial charge in [0.25, 0.3) is 5.91 Å². The Morgan fingerprint density at radius 1 is 1.26 bits per heavy atom.